The van der Waals surface area contributed by atoms with Gasteiger partial charge in [0, 0.05) is 12.8 Å². The fraction of sp³-hybridized carbons (Fsp3) is 0.750. The molecule has 8 heteroatoms. The van der Waals surface area contributed by atoms with Gasteiger partial charge in [0.2, 0.25) is 5.16 Å². The van der Waals surface area contributed by atoms with E-state index in [0.29, 0.717) is 23.9 Å². The summed E-state index contributed by atoms with van der Waals surface area (Å²) in [4.78, 5) is 11.2. The number of nitrogens with zero attached hydrogens (tertiary/aromatic N) is 4. The maximum Gasteiger partial charge on any atom is 0.322 e. The SMILES string of the molecule is CCOC(=O)C(N)CCSc1nnnn1C. The van der Waals surface area contributed by atoms with Crippen LogP contribution in [0.5, 0.6) is 0 Å². The number of carbonyl (C=O) groups is 1. The van der Waals surface area contributed by atoms with Crippen LogP contribution in [-0.4, -0.2) is 44.6 Å². The maximum atomic E-state index is 11.2. The van der Waals surface area contributed by atoms with Crippen LogP contribution >= 0.6 is 11.8 Å². The van der Waals surface area contributed by atoms with Gasteiger partial charge in [0.15, 0.2) is 0 Å². The number of hydrogen-bond donors (Lipinski definition) is 1. The first-order valence-electron chi connectivity index (χ1n) is 4.92. The zero-order valence-corrected chi connectivity index (χ0v) is 10.1. The number of thioether (sulfide) groups is 1. The minimum Gasteiger partial charge on any atom is -0.465 e. The number of nitrogens with two attached hydrogens (primary N) is 1. The van der Waals surface area contributed by atoms with Gasteiger partial charge in [-0.15, -0.1) is 5.10 Å². The van der Waals surface area contributed by atoms with Gasteiger partial charge in [0.1, 0.15) is 6.04 Å². The fourth-order valence-corrected chi connectivity index (χ4v) is 1.86. The highest BCUT2D eigenvalue weighted by Gasteiger charge is 2.14. The van der Waals surface area contributed by atoms with E-state index in [2.05, 4.69) is 15.5 Å². The second-order valence-corrected chi connectivity index (χ2v) is 4.14. The average molecular weight is 245 g/mol. The molecule has 1 rings (SSSR count). The number of aromatic nitrogens is 4. The van der Waals surface area contributed by atoms with E-state index in [1.165, 1.54) is 11.8 Å². The molecule has 0 fully saturated rings. The van der Waals surface area contributed by atoms with Crippen LogP contribution < -0.4 is 5.73 Å². The predicted octanol–water partition coefficient (Wildman–Crippen LogP) is -0.417. The largest absolute Gasteiger partial charge is 0.465 e. The van der Waals surface area contributed by atoms with Crippen molar-refractivity contribution < 1.29 is 9.53 Å². The molecule has 0 amide bonds. The van der Waals surface area contributed by atoms with E-state index in [9.17, 15) is 4.79 Å². The van der Waals surface area contributed by atoms with Crippen molar-refractivity contribution in [2.75, 3.05) is 12.4 Å². The maximum absolute atomic E-state index is 11.2. The molecule has 1 aromatic heterocycles. The zero-order valence-electron chi connectivity index (χ0n) is 9.29. The average Bonchev–Trinajstić information content (AvgIpc) is 2.65. The number of ether oxygens (including phenoxy) is 1. The molecule has 7 nitrogen and oxygen atoms in total. The summed E-state index contributed by atoms with van der Waals surface area (Å²) in [6.45, 7) is 2.11. The van der Waals surface area contributed by atoms with Crippen LogP contribution in [0.1, 0.15) is 13.3 Å². The van der Waals surface area contributed by atoms with Gasteiger partial charge in [0.25, 0.3) is 0 Å². The topological polar surface area (TPSA) is 95.9 Å². The van der Waals surface area contributed by atoms with Gasteiger partial charge < -0.3 is 10.5 Å². The summed E-state index contributed by atoms with van der Waals surface area (Å²) < 4.78 is 6.37. The van der Waals surface area contributed by atoms with Gasteiger partial charge in [-0.05, 0) is 23.8 Å². The van der Waals surface area contributed by atoms with E-state index in [1.807, 2.05) is 0 Å². The molecule has 0 aliphatic carbocycles. The van der Waals surface area contributed by atoms with Gasteiger partial charge in [-0.25, -0.2) is 4.68 Å². The number of rotatable bonds is 6. The Labute approximate surface area is 97.7 Å². The molecule has 2 N–H and O–H groups in total. The molecule has 1 aromatic rings. The molecular weight excluding hydrogens is 230 g/mol. The number of aryl methyl sites for hydroxylation is 1. The van der Waals surface area contributed by atoms with E-state index in [4.69, 9.17) is 10.5 Å². The summed E-state index contributed by atoms with van der Waals surface area (Å²) in [7, 11) is 1.76. The third-order valence-corrected chi connectivity index (χ3v) is 2.87. The van der Waals surface area contributed by atoms with Crippen LogP contribution in [0.4, 0.5) is 0 Å². The van der Waals surface area contributed by atoms with Crippen LogP contribution in [0.3, 0.4) is 0 Å². The first-order valence-corrected chi connectivity index (χ1v) is 5.91. The fourth-order valence-electron chi connectivity index (χ4n) is 0.988. The standard InChI is InChI=1S/C8H15N5O2S/c1-3-15-7(14)6(9)4-5-16-8-10-11-12-13(8)2/h6H,3-5,9H2,1-2H3. The van der Waals surface area contributed by atoms with E-state index in [-0.39, 0.29) is 5.97 Å². The van der Waals surface area contributed by atoms with Crippen molar-refractivity contribution in [3.8, 4) is 0 Å². The second kappa shape index (κ2) is 6.44. The lowest BCUT2D eigenvalue weighted by Crippen LogP contribution is -2.32. The van der Waals surface area contributed by atoms with Crippen LogP contribution in [0.25, 0.3) is 0 Å². The van der Waals surface area contributed by atoms with Gasteiger partial charge in [-0.2, -0.15) is 0 Å². The Morgan fingerprint density at radius 1 is 1.69 bits per heavy atom. The summed E-state index contributed by atoms with van der Waals surface area (Å²) in [5.41, 5.74) is 5.63. The third-order valence-electron chi connectivity index (χ3n) is 1.83. The third kappa shape index (κ3) is 3.78. The molecule has 1 atom stereocenters. The van der Waals surface area contributed by atoms with E-state index in [0.717, 1.165) is 0 Å². The van der Waals surface area contributed by atoms with Crippen LogP contribution in [0, 0.1) is 0 Å². The Morgan fingerprint density at radius 3 is 3.00 bits per heavy atom. The van der Waals surface area contributed by atoms with Crippen molar-refractivity contribution in [1.82, 2.24) is 20.2 Å². The van der Waals surface area contributed by atoms with E-state index < -0.39 is 6.04 Å². The second-order valence-electron chi connectivity index (χ2n) is 3.08. The number of hydrogen-bond acceptors (Lipinski definition) is 7. The molecule has 0 saturated carbocycles. The minimum absolute atomic E-state index is 0.354. The molecule has 1 unspecified atom stereocenters. The highest BCUT2D eigenvalue weighted by molar-refractivity contribution is 7.99. The van der Waals surface area contributed by atoms with Gasteiger partial charge in [-0.1, -0.05) is 11.8 Å². The van der Waals surface area contributed by atoms with Crippen molar-refractivity contribution in [3.63, 3.8) is 0 Å². The van der Waals surface area contributed by atoms with Crippen molar-refractivity contribution >= 4 is 17.7 Å². The lowest BCUT2D eigenvalue weighted by atomic mass is 10.2. The van der Waals surface area contributed by atoms with E-state index >= 15 is 0 Å². The van der Waals surface area contributed by atoms with Crippen molar-refractivity contribution in [2.24, 2.45) is 12.8 Å². The van der Waals surface area contributed by atoms with Crippen molar-refractivity contribution in [1.29, 1.82) is 0 Å². The molecule has 0 aliphatic heterocycles. The monoisotopic (exact) mass is 245 g/mol. The summed E-state index contributed by atoms with van der Waals surface area (Å²) in [5.74, 6) is 0.313. The van der Waals surface area contributed by atoms with Gasteiger partial charge in [0.05, 0.1) is 6.61 Å². The smallest absolute Gasteiger partial charge is 0.322 e. The lowest BCUT2D eigenvalue weighted by molar-refractivity contribution is -0.144. The first-order chi connectivity index (χ1) is 7.65. The summed E-state index contributed by atoms with van der Waals surface area (Å²) in [5, 5.41) is 11.7. The van der Waals surface area contributed by atoms with Crippen molar-refractivity contribution in [2.45, 2.75) is 24.5 Å². The molecule has 0 spiro atoms. The quantitative estimate of drug-likeness (QED) is 0.537. The molecule has 1 heterocycles. The van der Waals surface area contributed by atoms with Crippen LogP contribution in [0.2, 0.25) is 0 Å². The Morgan fingerprint density at radius 2 is 2.44 bits per heavy atom. The molecule has 90 valence electrons. The summed E-state index contributed by atoms with van der Waals surface area (Å²) in [6.07, 6.45) is 0.538. The molecule has 0 radical (unpaired) electrons. The highest BCUT2D eigenvalue weighted by Crippen LogP contribution is 2.14. The Bertz CT molecular complexity index is 343. The van der Waals surface area contributed by atoms with Crippen LogP contribution in [-0.2, 0) is 16.6 Å². The zero-order chi connectivity index (χ0) is 12.0. The van der Waals surface area contributed by atoms with Gasteiger partial charge in [-0.3, -0.25) is 4.79 Å². The molecule has 0 aromatic carbocycles. The number of carbonyl (C=O) groups excluding carboxylic acids is 1. The normalized spacial score (nSPS) is 12.4. The number of esters is 1. The summed E-state index contributed by atoms with van der Waals surface area (Å²) in [6, 6.07) is -0.575. The highest BCUT2D eigenvalue weighted by atomic mass is 32.2. The van der Waals surface area contributed by atoms with Gasteiger partial charge >= 0.3 is 5.97 Å². The van der Waals surface area contributed by atoms with Crippen LogP contribution in [0.15, 0.2) is 5.16 Å². The summed E-state index contributed by atoms with van der Waals surface area (Å²) >= 11 is 1.46. The molecule has 0 bridgehead atoms. The number of tetrazole rings is 1. The predicted molar refractivity (Wildman–Crippen MR) is 58.7 cm³/mol. The molecular formula is C8H15N5O2S. The van der Waals surface area contributed by atoms with E-state index in [1.54, 1.807) is 18.7 Å². The minimum atomic E-state index is -0.575. The lowest BCUT2D eigenvalue weighted by Gasteiger charge is -2.09. The van der Waals surface area contributed by atoms with Crippen molar-refractivity contribution in [3.05, 3.63) is 0 Å². The molecule has 0 aliphatic rings. The Balaban J connectivity index is 2.25. The first kappa shape index (κ1) is 12.9. The Kier molecular flexibility index (Phi) is 5.20. The molecule has 0 saturated heterocycles. The molecule has 16 heavy (non-hydrogen) atoms. The Hall–Kier alpha value is -1.15.